The van der Waals surface area contributed by atoms with E-state index < -0.39 is 0 Å². The largest absolute Gasteiger partial charge is 0.402 e. The Bertz CT molecular complexity index is 223. The van der Waals surface area contributed by atoms with Gasteiger partial charge in [0.1, 0.15) is 0 Å². The average Bonchev–Trinajstić information content (AvgIpc) is 2.08. The van der Waals surface area contributed by atoms with Crippen molar-refractivity contribution in [2.45, 2.75) is 20.8 Å². The minimum Gasteiger partial charge on any atom is -0.402 e. The smallest absolute Gasteiger partial charge is 0.0646 e. The van der Waals surface area contributed by atoms with Crippen molar-refractivity contribution in [1.82, 2.24) is 4.98 Å². The van der Waals surface area contributed by atoms with E-state index in [1.807, 2.05) is 45.0 Å². The van der Waals surface area contributed by atoms with Crippen molar-refractivity contribution >= 4 is 6.08 Å². The first-order chi connectivity index (χ1) is 5.79. The summed E-state index contributed by atoms with van der Waals surface area (Å²) < 4.78 is 0. The van der Waals surface area contributed by atoms with Crippen molar-refractivity contribution in [1.29, 1.82) is 0 Å². The molecule has 2 N–H and O–H groups in total. The van der Waals surface area contributed by atoms with E-state index >= 15 is 0 Å². The van der Waals surface area contributed by atoms with Gasteiger partial charge in [-0.15, -0.1) is 0 Å². The molecule has 0 aliphatic heterocycles. The molecule has 0 fully saturated rings. The first kappa shape index (κ1) is 10.7. The Morgan fingerprint density at radius 2 is 2.08 bits per heavy atom. The first-order valence-corrected chi connectivity index (χ1v) is 4.14. The van der Waals surface area contributed by atoms with E-state index in [4.69, 9.17) is 5.73 Å². The fraction of sp³-hybridized carbons (Fsp3) is 0.300. The zero-order valence-corrected chi connectivity index (χ0v) is 7.91. The van der Waals surface area contributed by atoms with E-state index in [0.717, 1.165) is 11.4 Å². The molecule has 0 unspecified atom stereocenters. The monoisotopic (exact) mass is 164 g/mol. The van der Waals surface area contributed by atoms with Gasteiger partial charge in [0.25, 0.3) is 0 Å². The molecule has 1 aromatic heterocycles. The summed E-state index contributed by atoms with van der Waals surface area (Å²) in [6.45, 7) is 5.84. The number of rotatable bonds is 1. The van der Waals surface area contributed by atoms with Gasteiger partial charge in [-0.3, -0.25) is 4.98 Å². The minimum absolute atomic E-state index is 0.777. The van der Waals surface area contributed by atoms with Gasteiger partial charge in [-0.1, -0.05) is 19.9 Å². The standard InChI is InChI=1S/C8H10N2.C2H6/c1-7(9)6-8-4-2-3-5-10-8;1-2/h2-6H,9H2,1H3;1-2H3/b7-6-;. The van der Waals surface area contributed by atoms with Crippen LogP contribution in [0.15, 0.2) is 30.1 Å². The lowest BCUT2D eigenvalue weighted by atomic mass is 10.3. The number of pyridine rings is 1. The topological polar surface area (TPSA) is 38.9 Å². The molecule has 0 saturated carbocycles. The van der Waals surface area contributed by atoms with Crippen LogP contribution in [0, 0.1) is 0 Å². The van der Waals surface area contributed by atoms with Gasteiger partial charge in [0.2, 0.25) is 0 Å². The highest BCUT2D eigenvalue weighted by Gasteiger charge is 1.84. The van der Waals surface area contributed by atoms with E-state index in [2.05, 4.69) is 4.98 Å². The predicted molar refractivity (Wildman–Crippen MR) is 53.4 cm³/mol. The molecule has 0 aromatic carbocycles. The number of hydrogen-bond acceptors (Lipinski definition) is 2. The maximum absolute atomic E-state index is 5.45. The van der Waals surface area contributed by atoms with Gasteiger partial charge in [-0.2, -0.15) is 0 Å². The van der Waals surface area contributed by atoms with Crippen LogP contribution in [-0.4, -0.2) is 4.98 Å². The summed E-state index contributed by atoms with van der Waals surface area (Å²) in [5.41, 5.74) is 7.13. The van der Waals surface area contributed by atoms with E-state index in [-0.39, 0.29) is 0 Å². The highest BCUT2D eigenvalue weighted by Crippen LogP contribution is 1.97. The highest BCUT2D eigenvalue weighted by atomic mass is 14.7. The molecule has 1 rings (SSSR count). The van der Waals surface area contributed by atoms with Gasteiger partial charge < -0.3 is 5.73 Å². The Labute approximate surface area is 74.1 Å². The molecule has 1 aromatic rings. The summed E-state index contributed by atoms with van der Waals surface area (Å²) in [5, 5.41) is 0. The third kappa shape index (κ3) is 4.50. The fourth-order valence-electron chi connectivity index (χ4n) is 0.695. The van der Waals surface area contributed by atoms with Crippen molar-refractivity contribution in [2.24, 2.45) is 5.73 Å². The van der Waals surface area contributed by atoms with Gasteiger partial charge in [-0.25, -0.2) is 0 Å². The maximum Gasteiger partial charge on any atom is 0.0646 e. The van der Waals surface area contributed by atoms with E-state index in [0.29, 0.717) is 0 Å². The van der Waals surface area contributed by atoms with Crippen molar-refractivity contribution in [3.63, 3.8) is 0 Å². The summed E-state index contributed by atoms with van der Waals surface area (Å²) in [5.74, 6) is 0. The van der Waals surface area contributed by atoms with Crippen LogP contribution in [0.1, 0.15) is 26.5 Å². The van der Waals surface area contributed by atoms with Crippen LogP contribution in [0.5, 0.6) is 0 Å². The van der Waals surface area contributed by atoms with Crippen molar-refractivity contribution in [3.05, 3.63) is 35.8 Å². The van der Waals surface area contributed by atoms with E-state index in [1.54, 1.807) is 6.20 Å². The second-order valence-electron chi connectivity index (χ2n) is 2.14. The summed E-state index contributed by atoms with van der Waals surface area (Å²) >= 11 is 0. The molecule has 12 heavy (non-hydrogen) atoms. The van der Waals surface area contributed by atoms with Gasteiger partial charge in [0, 0.05) is 11.9 Å². The van der Waals surface area contributed by atoms with E-state index in [9.17, 15) is 0 Å². The average molecular weight is 164 g/mol. The quantitative estimate of drug-likeness (QED) is 0.692. The lowest BCUT2D eigenvalue weighted by molar-refractivity contribution is 1.27. The number of hydrogen-bond donors (Lipinski definition) is 1. The number of aromatic nitrogens is 1. The zero-order valence-electron chi connectivity index (χ0n) is 7.91. The Balaban J connectivity index is 0.000000561. The number of nitrogens with zero attached hydrogens (tertiary/aromatic N) is 1. The lowest BCUT2D eigenvalue weighted by Crippen LogP contribution is -1.90. The molecule has 0 amide bonds. The minimum atomic E-state index is 0.777. The molecule has 0 atom stereocenters. The molecule has 2 heteroatoms. The third-order valence-electron chi connectivity index (χ3n) is 1.06. The SMILES string of the molecule is C/C(N)=C/c1ccccn1.CC. The molecule has 2 nitrogen and oxygen atoms in total. The number of allylic oxidation sites excluding steroid dienone is 1. The van der Waals surface area contributed by atoms with Crippen LogP contribution >= 0.6 is 0 Å². The van der Waals surface area contributed by atoms with Gasteiger partial charge >= 0.3 is 0 Å². The molecule has 0 spiro atoms. The third-order valence-corrected chi connectivity index (χ3v) is 1.06. The summed E-state index contributed by atoms with van der Waals surface area (Å²) in [6.07, 6.45) is 3.58. The van der Waals surface area contributed by atoms with Crippen LogP contribution in [0.4, 0.5) is 0 Å². The van der Waals surface area contributed by atoms with Crippen LogP contribution in [-0.2, 0) is 0 Å². The molecule has 0 aliphatic rings. The fourth-order valence-corrected chi connectivity index (χ4v) is 0.695. The highest BCUT2D eigenvalue weighted by molar-refractivity contribution is 5.46. The Morgan fingerprint density at radius 3 is 2.50 bits per heavy atom. The molecule has 66 valence electrons. The predicted octanol–water partition coefficient (Wildman–Crippen LogP) is 2.43. The van der Waals surface area contributed by atoms with E-state index in [1.165, 1.54) is 0 Å². The van der Waals surface area contributed by atoms with Crippen LogP contribution in [0.3, 0.4) is 0 Å². The summed E-state index contributed by atoms with van der Waals surface area (Å²) in [7, 11) is 0. The van der Waals surface area contributed by atoms with Crippen molar-refractivity contribution < 1.29 is 0 Å². The molecule has 0 bridgehead atoms. The van der Waals surface area contributed by atoms with Crippen molar-refractivity contribution in [3.8, 4) is 0 Å². The molecular formula is C10H16N2. The second kappa shape index (κ2) is 6.40. The summed E-state index contributed by atoms with van der Waals surface area (Å²) in [4.78, 5) is 4.06. The Kier molecular flexibility index (Phi) is 5.70. The normalized spacial score (nSPS) is 10.1. The number of nitrogens with two attached hydrogens (primary N) is 1. The second-order valence-corrected chi connectivity index (χ2v) is 2.14. The van der Waals surface area contributed by atoms with Gasteiger partial charge in [0.15, 0.2) is 0 Å². The van der Waals surface area contributed by atoms with Crippen LogP contribution in [0.2, 0.25) is 0 Å². The first-order valence-electron chi connectivity index (χ1n) is 4.14. The lowest BCUT2D eigenvalue weighted by Gasteiger charge is -1.90. The maximum atomic E-state index is 5.45. The van der Waals surface area contributed by atoms with Crippen molar-refractivity contribution in [2.75, 3.05) is 0 Å². The Morgan fingerprint density at radius 1 is 1.42 bits per heavy atom. The zero-order chi connectivity index (χ0) is 9.40. The molecule has 0 radical (unpaired) electrons. The van der Waals surface area contributed by atoms with Crippen LogP contribution in [0.25, 0.3) is 6.08 Å². The van der Waals surface area contributed by atoms with Crippen LogP contribution < -0.4 is 5.73 Å². The molecule has 1 heterocycles. The molecule has 0 aliphatic carbocycles. The molecule has 0 saturated heterocycles. The molecular weight excluding hydrogens is 148 g/mol. The van der Waals surface area contributed by atoms with Gasteiger partial charge in [-0.05, 0) is 25.1 Å². The summed E-state index contributed by atoms with van der Waals surface area (Å²) in [6, 6.07) is 5.72. The Hall–Kier alpha value is -1.31. The van der Waals surface area contributed by atoms with Gasteiger partial charge in [0.05, 0.1) is 5.69 Å².